The van der Waals surface area contributed by atoms with Gasteiger partial charge in [0.25, 0.3) is 0 Å². The Labute approximate surface area is 165 Å². The molecule has 4 nitrogen and oxygen atoms in total. The lowest BCUT2D eigenvalue weighted by Crippen LogP contribution is -2.29. The minimum Gasteiger partial charge on any atom is -0.334 e. The molecule has 1 aliphatic carbocycles. The third-order valence-electron chi connectivity index (χ3n) is 4.65. The molecule has 1 aromatic carbocycles. The highest BCUT2D eigenvalue weighted by molar-refractivity contribution is 9.10. The van der Waals surface area contributed by atoms with Gasteiger partial charge in [0.05, 0.1) is 5.69 Å². The van der Waals surface area contributed by atoms with Crippen molar-refractivity contribution in [3.63, 3.8) is 0 Å². The molecule has 4 rings (SSSR count). The van der Waals surface area contributed by atoms with Gasteiger partial charge in [-0.15, -0.1) is 11.3 Å². The lowest BCUT2D eigenvalue weighted by molar-refractivity contribution is 0.251. The number of carbonyl (C=O) groups excluding carboxylic acids is 1. The zero-order valence-electron chi connectivity index (χ0n) is 14.3. The molecule has 2 aromatic heterocycles. The quantitative estimate of drug-likeness (QED) is 0.564. The summed E-state index contributed by atoms with van der Waals surface area (Å²) in [5.74, 6) is 0. The number of benzene rings is 1. The van der Waals surface area contributed by atoms with Gasteiger partial charge >= 0.3 is 6.03 Å². The van der Waals surface area contributed by atoms with Gasteiger partial charge in [-0.25, -0.2) is 4.79 Å². The number of para-hydroxylation sites is 1. The Morgan fingerprint density at radius 3 is 2.69 bits per heavy atom. The number of fused-ring (bicyclic) bond motifs is 1. The molecule has 2 N–H and O–H groups in total. The molecule has 2 heterocycles. The predicted octanol–water partition coefficient (Wildman–Crippen LogP) is 5.50. The topological polar surface area (TPSA) is 46.1 Å². The second-order valence-corrected chi connectivity index (χ2v) is 8.31. The molecule has 6 heteroatoms. The predicted molar refractivity (Wildman–Crippen MR) is 110 cm³/mol. The summed E-state index contributed by atoms with van der Waals surface area (Å²) in [5, 5.41) is 7.17. The van der Waals surface area contributed by atoms with Gasteiger partial charge in [0.1, 0.15) is 5.00 Å². The van der Waals surface area contributed by atoms with E-state index in [-0.39, 0.29) is 6.03 Å². The molecule has 2 amide bonds. The van der Waals surface area contributed by atoms with Crippen LogP contribution in [0, 0.1) is 0 Å². The van der Waals surface area contributed by atoms with Crippen LogP contribution in [0.25, 0.3) is 5.00 Å². The van der Waals surface area contributed by atoms with Crippen LogP contribution in [0.5, 0.6) is 0 Å². The van der Waals surface area contributed by atoms with E-state index in [1.165, 1.54) is 33.8 Å². The minimum atomic E-state index is -0.189. The highest BCUT2D eigenvalue weighted by atomic mass is 79.9. The van der Waals surface area contributed by atoms with Crippen LogP contribution in [0.3, 0.4) is 0 Å². The van der Waals surface area contributed by atoms with Crippen LogP contribution in [-0.4, -0.2) is 10.6 Å². The Morgan fingerprint density at radius 1 is 1.12 bits per heavy atom. The number of thiophene rings is 1. The molecule has 0 saturated heterocycles. The van der Waals surface area contributed by atoms with Crippen LogP contribution in [0.1, 0.15) is 28.8 Å². The van der Waals surface area contributed by atoms with E-state index in [9.17, 15) is 4.79 Å². The van der Waals surface area contributed by atoms with E-state index in [0.29, 0.717) is 6.54 Å². The highest BCUT2D eigenvalue weighted by Crippen LogP contribution is 2.36. The van der Waals surface area contributed by atoms with Crippen LogP contribution in [0.4, 0.5) is 10.5 Å². The standard InChI is InChI=1S/C20H20BrN3OS/c21-16-8-2-3-9-17(16)23-20(25)22-13-15-14-7-1-4-10-18(14)26-19(15)24-11-5-6-12-24/h2-3,5-6,8-9,11-12H,1,4,7,10,13H2,(H2,22,23,25). The van der Waals surface area contributed by atoms with Crippen LogP contribution in [-0.2, 0) is 19.4 Å². The summed E-state index contributed by atoms with van der Waals surface area (Å²) in [7, 11) is 0. The number of rotatable bonds is 4. The first-order valence-corrected chi connectivity index (χ1v) is 10.4. The van der Waals surface area contributed by atoms with Crippen molar-refractivity contribution in [2.24, 2.45) is 0 Å². The fourth-order valence-corrected chi connectivity index (χ4v) is 5.13. The average molecular weight is 430 g/mol. The second-order valence-electron chi connectivity index (χ2n) is 6.37. The van der Waals surface area contributed by atoms with E-state index < -0.39 is 0 Å². The molecule has 0 bridgehead atoms. The number of anilines is 1. The number of nitrogens with one attached hydrogen (secondary N) is 2. The molecule has 0 fully saturated rings. The van der Waals surface area contributed by atoms with Crippen molar-refractivity contribution >= 4 is 39.0 Å². The summed E-state index contributed by atoms with van der Waals surface area (Å²) in [5.41, 5.74) is 3.46. The smallest absolute Gasteiger partial charge is 0.319 e. The van der Waals surface area contributed by atoms with E-state index in [2.05, 4.69) is 43.5 Å². The van der Waals surface area contributed by atoms with Crippen molar-refractivity contribution in [1.82, 2.24) is 9.88 Å². The van der Waals surface area contributed by atoms with Gasteiger partial charge in [0, 0.05) is 33.9 Å². The number of carbonyl (C=O) groups is 1. The van der Waals surface area contributed by atoms with Crippen LogP contribution in [0.2, 0.25) is 0 Å². The molecule has 1 aliphatic rings. The van der Waals surface area contributed by atoms with Crippen molar-refractivity contribution in [3.05, 3.63) is 69.3 Å². The zero-order chi connectivity index (χ0) is 17.9. The molecule has 0 spiro atoms. The van der Waals surface area contributed by atoms with Crippen LogP contribution in [0.15, 0.2) is 53.3 Å². The first-order chi connectivity index (χ1) is 12.7. The van der Waals surface area contributed by atoms with Crippen LogP contribution < -0.4 is 10.6 Å². The number of aromatic nitrogens is 1. The number of aryl methyl sites for hydroxylation is 1. The maximum Gasteiger partial charge on any atom is 0.319 e. The first kappa shape index (κ1) is 17.4. The monoisotopic (exact) mass is 429 g/mol. The molecule has 26 heavy (non-hydrogen) atoms. The number of urea groups is 1. The first-order valence-electron chi connectivity index (χ1n) is 8.78. The lowest BCUT2D eigenvalue weighted by Gasteiger charge is -2.14. The molecule has 134 valence electrons. The largest absolute Gasteiger partial charge is 0.334 e. The molecule has 0 radical (unpaired) electrons. The Bertz CT molecular complexity index is 917. The minimum absolute atomic E-state index is 0.189. The van der Waals surface area contributed by atoms with Crippen molar-refractivity contribution in [3.8, 4) is 5.00 Å². The summed E-state index contributed by atoms with van der Waals surface area (Å²) in [6.45, 7) is 0.537. The van der Waals surface area contributed by atoms with E-state index >= 15 is 0 Å². The zero-order valence-corrected chi connectivity index (χ0v) is 16.7. The number of amides is 2. The molecular formula is C20H20BrN3OS. The van der Waals surface area contributed by atoms with Gasteiger partial charge in [0.15, 0.2) is 0 Å². The van der Waals surface area contributed by atoms with Crippen molar-refractivity contribution in [1.29, 1.82) is 0 Å². The van der Waals surface area contributed by atoms with Gasteiger partial charge in [-0.1, -0.05) is 12.1 Å². The Morgan fingerprint density at radius 2 is 1.88 bits per heavy atom. The second kappa shape index (κ2) is 7.68. The van der Waals surface area contributed by atoms with E-state index in [4.69, 9.17) is 0 Å². The summed E-state index contributed by atoms with van der Waals surface area (Å²) in [6, 6.07) is 11.5. The third kappa shape index (κ3) is 3.57. The molecule has 0 saturated carbocycles. The molecule has 0 aliphatic heterocycles. The lowest BCUT2D eigenvalue weighted by atomic mass is 9.95. The Kier molecular flexibility index (Phi) is 5.13. The third-order valence-corrected chi connectivity index (χ3v) is 6.69. The number of hydrogen-bond acceptors (Lipinski definition) is 2. The summed E-state index contributed by atoms with van der Waals surface area (Å²) in [6.07, 6.45) is 8.89. The van der Waals surface area contributed by atoms with Gasteiger partial charge in [-0.05, 0) is 71.4 Å². The van der Waals surface area contributed by atoms with Crippen LogP contribution >= 0.6 is 27.3 Å². The van der Waals surface area contributed by atoms with Gasteiger partial charge in [-0.3, -0.25) is 0 Å². The van der Waals surface area contributed by atoms with Crippen molar-refractivity contribution in [2.75, 3.05) is 5.32 Å². The maximum atomic E-state index is 12.4. The normalized spacial score (nSPS) is 13.3. The summed E-state index contributed by atoms with van der Waals surface area (Å²) >= 11 is 5.32. The van der Waals surface area contributed by atoms with Crippen molar-refractivity contribution < 1.29 is 4.79 Å². The number of hydrogen-bond donors (Lipinski definition) is 2. The Balaban J connectivity index is 1.53. The summed E-state index contributed by atoms with van der Waals surface area (Å²) in [4.78, 5) is 13.9. The fraction of sp³-hybridized carbons (Fsp3) is 0.250. The molecule has 0 unspecified atom stereocenters. The van der Waals surface area contributed by atoms with Gasteiger partial charge in [0.2, 0.25) is 0 Å². The maximum absolute atomic E-state index is 12.4. The molecular weight excluding hydrogens is 410 g/mol. The van der Waals surface area contributed by atoms with E-state index in [0.717, 1.165) is 23.0 Å². The van der Waals surface area contributed by atoms with E-state index in [1.807, 2.05) is 47.7 Å². The van der Waals surface area contributed by atoms with Crippen molar-refractivity contribution in [2.45, 2.75) is 32.2 Å². The summed E-state index contributed by atoms with van der Waals surface area (Å²) < 4.78 is 3.03. The molecule has 3 aromatic rings. The number of nitrogens with zero attached hydrogens (tertiary/aromatic N) is 1. The number of halogens is 1. The molecule has 0 atom stereocenters. The SMILES string of the molecule is O=C(NCc1c(-n2cccc2)sc2c1CCCC2)Nc1ccccc1Br. The van der Waals surface area contributed by atoms with Gasteiger partial charge < -0.3 is 15.2 Å². The Hall–Kier alpha value is -2.05. The van der Waals surface area contributed by atoms with E-state index in [1.54, 1.807) is 0 Å². The fourth-order valence-electron chi connectivity index (χ4n) is 3.38. The van der Waals surface area contributed by atoms with Gasteiger partial charge in [-0.2, -0.15) is 0 Å². The average Bonchev–Trinajstić information content (AvgIpc) is 3.29. The highest BCUT2D eigenvalue weighted by Gasteiger charge is 2.21.